The number of H-pyrrole nitrogens is 1. The maximum absolute atomic E-state index is 11.6. The third-order valence-corrected chi connectivity index (χ3v) is 2.62. The van der Waals surface area contributed by atoms with Crippen molar-refractivity contribution in [3.63, 3.8) is 0 Å². The number of rotatable bonds is 5. The largest absolute Gasteiger partial charge is 0.466 e. The van der Waals surface area contributed by atoms with Crippen LogP contribution < -0.4 is 0 Å². The SMILES string of the molecule is CCOC(=O)CC=Cc1c[nH]c(C(=O)C(Cl)(Cl)Cl)c1. The van der Waals surface area contributed by atoms with Gasteiger partial charge in [-0.15, -0.1) is 0 Å². The molecule has 0 fully saturated rings. The van der Waals surface area contributed by atoms with E-state index in [0.29, 0.717) is 12.2 Å². The Hall–Kier alpha value is -0.970. The number of ether oxygens (including phenoxy) is 1. The molecule has 1 rings (SSSR count). The number of aromatic nitrogens is 1. The number of aromatic amines is 1. The number of hydrogen-bond donors (Lipinski definition) is 1. The van der Waals surface area contributed by atoms with Crippen LogP contribution in [0.25, 0.3) is 6.08 Å². The summed E-state index contributed by atoms with van der Waals surface area (Å²) in [6, 6.07) is 1.53. The van der Waals surface area contributed by atoms with Gasteiger partial charge in [0.1, 0.15) is 0 Å². The lowest BCUT2D eigenvalue weighted by atomic mass is 10.2. The number of esters is 1. The molecule has 0 atom stereocenters. The number of carbonyl (C=O) groups excluding carboxylic acids is 2. The maximum Gasteiger partial charge on any atom is 0.309 e. The van der Waals surface area contributed by atoms with Crippen LogP contribution in [0.1, 0.15) is 29.4 Å². The molecule has 0 aliphatic carbocycles. The molecule has 7 heteroatoms. The maximum atomic E-state index is 11.6. The summed E-state index contributed by atoms with van der Waals surface area (Å²) in [5.74, 6) is -0.950. The van der Waals surface area contributed by atoms with Gasteiger partial charge in [0, 0.05) is 6.20 Å². The minimum atomic E-state index is -1.99. The van der Waals surface area contributed by atoms with E-state index in [1.807, 2.05) is 0 Å². The van der Waals surface area contributed by atoms with Gasteiger partial charge in [-0.25, -0.2) is 0 Å². The van der Waals surface area contributed by atoms with Gasteiger partial charge in [-0.2, -0.15) is 0 Å². The van der Waals surface area contributed by atoms with Crippen molar-refractivity contribution in [3.05, 3.63) is 29.6 Å². The van der Waals surface area contributed by atoms with Gasteiger partial charge >= 0.3 is 5.97 Å². The third-order valence-electron chi connectivity index (χ3n) is 2.11. The van der Waals surface area contributed by atoms with E-state index < -0.39 is 9.58 Å². The Morgan fingerprint density at radius 2 is 2.11 bits per heavy atom. The quantitative estimate of drug-likeness (QED) is 0.512. The second-order valence-electron chi connectivity index (χ2n) is 3.59. The summed E-state index contributed by atoms with van der Waals surface area (Å²) in [4.78, 5) is 25.4. The fourth-order valence-corrected chi connectivity index (χ4v) is 1.61. The minimum absolute atomic E-state index is 0.159. The van der Waals surface area contributed by atoms with Crippen LogP contribution in [0, 0.1) is 0 Å². The van der Waals surface area contributed by atoms with Crippen LogP contribution in [0.5, 0.6) is 0 Å². The van der Waals surface area contributed by atoms with Crippen molar-refractivity contribution < 1.29 is 14.3 Å². The van der Waals surface area contributed by atoms with Gasteiger partial charge in [0.05, 0.1) is 18.7 Å². The second-order valence-corrected chi connectivity index (χ2v) is 5.87. The lowest BCUT2D eigenvalue weighted by Gasteiger charge is -2.06. The molecule has 1 aromatic heterocycles. The number of carbonyl (C=O) groups is 2. The summed E-state index contributed by atoms with van der Waals surface area (Å²) in [6.07, 6.45) is 5.03. The Morgan fingerprint density at radius 1 is 1.42 bits per heavy atom. The molecular weight excluding hydrogens is 312 g/mol. The van der Waals surface area contributed by atoms with E-state index >= 15 is 0 Å². The van der Waals surface area contributed by atoms with Gasteiger partial charge in [0.25, 0.3) is 3.79 Å². The van der Waals surface area contributed by atoms with Crippen molar-refractivity contribution in [2.75, 3.05) is 6.61 Å². The number of Topliss-reactive ketones (excluding diaryl/α,β-unsaturated/α-hetero) is 1. The van der Waals surface area contributed by atoms with E-state index in [1.165, 1.54) is 6.07 Å². The van der Waals surface area contributed by atoms with Crippen LogP contribution in [0.3, 0.4) is 0 Å². The van der Waals surface area contributed by atoms with Gasteiger partial charge in [0.2, 0.25) is 5.78 Å². The van der Waals surface area contributed by atoms with Crippen LogP contribution in [0.15, 0.2) is 18.3 Å². The molecule has 0 radical (unpaired) electrons. The Kier molecular flexibility index (Phi) is 5.91. The first kappa shape index (κ1) is 16.1. The Balaban J connectivity index is 2.63. The highest BCUT2D eigenvalue weighted by Crippen LogP contribution is 2.30. The zero-order valence-electron chi connectivity index (χ0n) is 10.1. The van der Waals surface area contributed by atoms with Crippen molar-refractivity contribution in [1.29, 1.82) is 0 Å². The molecule has 0 spiro atoms. The fraction of sp³-hybridized carbons (Fsp3) is 0.333. The summed E-state index contributed by atoms with van der Waals surface area (Å²) in [5.41, 5.74) is 0.887. The average Bonchev–Trinajstić information content (AvgIpc) is 2.75. The van der Waals surface area contributed by atoms with E-state index in [0.717, 1.165) is 0 Å². The van der Waals surface area contributed by atoms with Crippen molar-refractivity contribution in [1.82, 2.24) is 4.98 Å². The normalized spacial score (nSPS) is 11.8. The highest BCUT2D eigenvalue weighted by atomic mass is 35.6. The highest BCUT2D eigenvalue weighted by molar-refractivity contribution is 6.77. The number of ketones is 1. The van der Waals surface area contributed by atoms with Crippen LogP contribution in [-0.2, 0) is 9.53 Å². The standard InChI is InChI=1S/C12H12Cl3NO3/c1-2-19-10(17)5-3-4-8-6-9(16-7-8)11(18)12(13,14)15/h3-4,6-7,16H,2,5H2,1H3. The zero-order valence-corrected chi connectivity index (χ0v) is 12.4. The number of hydrogen-bond acceptors (Lipinski definition) is 3. The first-order valence-electron chi connectivity index (χ1n) is 5.46. The minimum Gasteiger partial charge on any atom is -0.466 e. The summed E-state index contributed by atoms with van der Waals surface area (Å²) < 4.78 is 2.77. The molecule has 0 aliphatic heterocycles. The topological polar surface area (TPSA) is 59.2 Å². The van der Waals surface area contributed by atoms with Crippen molar-refractivity contribution >= 4 is 52.6 Å². The number of alkyl halides is 3. The Morgan fingerprint density at radius 3 is 2.68 bits per heavy atom. The second kappa shape index (κ2) is 6.98. The molecular formula is C12H12Cl3NO3. The summed E-state index contributed by atoms with van der Waals surface area (Å²) in [6.45, 7) is 2.08. The molecule has 0 aromatic carbocycles. The van der Waals surface area contributed by atoms with E-state index in [1.54, 1.807) is 25.3 Å². The van der Waals surface area contributed by atoms with E-state index in [2.05, 4.69) is 4.98 Å². The fourth-order valence-electron chi connectivity index (χ4n) is 1.30. The van der Waals surface area contributed by atoms with Crippen LogP contribution >= 0.6 is 34.8 Å². The molecule has 0 bridgehead atoms. The molecule has 0 unspecified atom stereocenters. The Bertz CT molecular complexity index is 489. The molecule has 0 saturated heterocycles. The van der Waals surface area contributed by atoms with E-state index in [4.69, 9.17) is 39.5 Å². The van der Waals surface area contributed by atoms with E-state index in [9.17, 15) is 9.59 Å². The molecule has 0 aliphatic rings. The predicted molar refractivity (Wildman–Crippen MR) is 75.7 cm³/mol. The van der Waals surface area contributed by atoms with E-state index in [-0.39, 0.29) is 18.1 Å². The van der Waals surface area contributed by atoms with Gasteiger partial charge in [-0.1, -0.05) is 47.0 Å². The zero-order chi connectivity index (χ0) is 14.5. The molecule has 1 heterocycles. The van der Waals surface area contributed by atoms with Gasteiger partial charge in [0.15, 0.2) is 0 Å². The molecule has 0 saturated carbocycles. The molecule has 19 heavy (non-hydrogen) atoms. The van der Waals surface area contributed by atoms with Crippen molar-refractivity contribution in [2.24, 2.45) is 0 Å². The van der Waals surface area contributed by atoms with Crippen LogP contribution in [0.2, 0.25) is 0 Å². The van der Waals surface area contributed by atoms with Crippen molar-refractivity contribution in [3.8, 4) is 0 Å². The molecule has 4 nitrogen and oxygen atoms in total. The molecule has 0 amide bonds. The van der Waals surface area contributed by atoms with Crippen LogP contribution in [-0.4, -0.2) is 27.1 Å². The number of nitrogens with one attached hydrogen (secondary N) is 1. The smallest absolute Gasteiger partial charge is 0.309 e. The Labute approximate surface area is 125 Å². The summed E-state index contributed by atoms with van der Waals surface area (Å²) in [7, 11) is 0. The lowest BCUT2D eigenvalue weighted by molar-refractivity contribution is -0.142. The van der Waals surface area contributed by atoms with Gasteiger partial charge in [-0.3, -0.25) is 9.59 Å². The van der Waals surface area contributed by atoms with Crippen LogP contribution in [0.4, 0.5) is 0 Å². The molecule has 1 aromatic rings. The average molecular weight is 325 g/mol. The lowest BCUT2D eigenvalue weighted by Crippen LogP contribution is -2.19. The van der Waals surface area contributed by atoms with Crippen molar-refractivity contribution in [2.45, 2.75) is 17.1 Å². The first-order chi connectivity index (χ1) is 8.84. The summed E-state index contributed by atoms with van der Waals surface area (Å²) in [5, 5.41) is 0. The highest BCUT2D eigenvalue weighted by Gasteiger charge is 2.32. The monoisotopic (exact) mass is 323 g/mol. The predicted octanol–water partition coefficient (Wildman–Crippen LogP) is 3.53. The number of halogens is 3. The first-order valence-corrected chi connectivity index (χ1v) is 6.60. The third kappa shape index (κ3) is 5.27. The van der Waals surface area contributed by atoms with Gasteiger partial charge < -0.3 is 9.72 Å². The summed E-state index contributed by atoms with van der Waals surface area (Å²) >= 11 is 16.5. The molecule has 104 valence electrons. The van der Waals surface area contributed by atoms with Gasteiger partial charge in [-0.05, 0) is 18.6 Å². The molecule has 1 N–H and O–H groups in total.